The number of benzene rings is 1. The van der Waals surface area contributed by atoms with Gasteiger partial charge < -0.3 is 4.74 Å². The van der Waals surface area contributed by atoms with E-state index in [9.17, 15) is 0 Å². The summed E-state index contributed by atoms with van der Waals surface area (Å²) in [6, 6.07) is 11.9. The SMILES string of the molecule is COCCONCc1ccn(-c2ccccc2)n1. The molecule has 0 aliphatic rings. The lowest BCUT2D eigenvalue weighted by molar-refractivity contribution is 0.00295. The molecule has 0 spiro atoms. The van der Waals surface area contributed by atoms with E-state index < -0.39 is 0 Å². The van der Waals surface area contributed by atoms with Gasteiger partial charge in [-0.15, -0.1) is 0 Å². The van der Waals surface area contributed by atoms with E-state index in [2.05, 4.69) is 10.6 Å². The van der Waals surface area contributed by atoms with Gasteiger partial charge in [-0.05, 0) is 18.2 Å². The summed E-state index contributed by atoms with van der Waals surface area (Å²) in [5, 5.41) is 4.44. The van der Waals surface area contributed by atoms with Crippen molar-refractivity contribution in [1.29, 1.82) is 0 Å². The molecule has 5 heteroatoms. The van der Waals surface area contributed by atoms with Crippen molar-refractivity contribution in [2.45, 2.75) is 6.54 Å². The predicted molar refractivity (Wildman–Crippen MR) is 68.2 cm³/mol. The molecule has 0 aliphatic heterocycles. The zero-order valence-electron chi connectivity index (χ0n) is 10.4. The largest absolute Gasteiger partial charge is 0.382 e. The van der Waals surface area contributed by atoms with Crippen molar-refractivity contribution in [3.63, 3.8) is 0 Å². The number of hydrogen-bond donors (Lipinski definition) is 1. The Hall–Kier alpha value is -1.69. The number of methoxy groups -OCH3 is 1. The standard InChI is InChI=1S/C13H17N3O2/c1-17-9-10-18-14-11-12-7-8-16(15-12)13-5-3-2-4-6-13/h2-8,14H,9-11H2,1H3. The molecule has 0 bridgehead atoms. The molecule has 0 atom stereocenters. The molecule has 1 aromatic carbocycles. The summed E-state index contributed by atoms with van der Waals surface area (Å²) in [6.07, 6.45) is 1.93. The van der Waals surface area contributed by atoms with Gasteiger partial charge in [-0.1, -0.05) is 18.2 Å². The minimum absolute atomic E-state index is 0.524. The molecule has 0 saturated heterocycles. The van der Waals surface area contributed by atoms with Gasteiger partial charge in [0.05, 0.1) is 31.1 Å². The van der Waals surface area contributed by atoms with Crippen molar-refractivity contribution in [1.82, 2.24) is 15.3 Å². The predicted octanol–water partition coefficient (Wildman–Crippen LogP) is 1.54. The highest BCUT2D eigenvalue weighted by Crippen LogP contribution is 2.06. The lowest BCUT2D eigenvalue weighted by atomic mass is 10.3. The van der Waals surface area contributed by atoms with Crippen LogP contribution >= 0.6 is 0 Å². The van der Waals surface area contributed by atoms with Crippen molar-refractivity contribution < 1.29 is 9.57 Å². The van der Waals surface area contributed by atoms with Gasteiger partial charge in [-0.3, -0.25) is 4.84 Å². The topological polar surface area (TPSA) is 48.3 Å². The third-order valence-corrected chi connectivity index (χ3v) is 2.41. The molecular formula is C13H17N3O2. The van der Waals surface area contributed by atoms with E-state index in [0.29, 0.717) is 19.8 Å². The molecule has 0 unspecified atom stereocenters. The first-order valence-electron chi connectivity index (χ1n) is 5.83. The first-order chi connectivity index (χ1) is 8.90. The smallest absolute Gasteiger partial charge is 0.0916 e. The molecule has 0 radical (unpaired) electrons. The number of nitrogens with zero attached hydrogens (tertiary/aromatic N) is 2. The summed E-state index contributed by atoms with van der Waals surface area (Å²) in [5.74, 6) is 0. The Morgan fingerprint density at radius 2 is 2.00 bits per heavy atom. The fraction of sp³-hybridized carbons (Fsp3) is 0.308. The highest BCUT2D eigenvalue weighted by Gasteiger charge is 2.00. The lowest BCUT2D eigenvalue weighted by Crippen LogP contribution is -2.17. The summed E-state index contributed by atoms with van der Waals surface area (Å²) in [5.41, 5.74) is 4.82. The summed E-state index contributed by atoms with van der Waals surface area (Å²) < 4.78 is 6.71. The Bertz CT molecular complexity index is 456. The van der Waals surface area contributed by atoms with Crippen molar-refractivity contribution >= 4 is 0 Å². The van der Waals surface area contributed by atoms with Crippen LogP contribution in [0.1, 0.15) is 5.69 Å². The summed E-state index contributed by atoms with van der Waals surface area (Å²) in [6.45, 7) is 1.67. The van der Waals surface area contributed by atoms with Crippen LogP contribution in [0, 0.1) is 0 Å². The molecule has 1 N–H and O–H groups in total. The second kappa shape index (κ2) is 6.90. The number of para-hydroxylation sites is 1. The monoisotopic (exact) mass is 247 g/mol. The number of hydrogen-bond acceptors (Lipinski definition) is 4. The normalized spacial score (nSPS) is 10.7. The Morgan fingerprint density at radius 1 is 1.17 bits per heavy atom. The third kappa shape index (κ3) is 3.66. The zero-order chi connectivity index (χ0) is 12.6. The number of rotatable bonds is 7. The fourth-order valence-electron chi connectivity index (χ4n) is 1.50. The Kier molecular flexibility index (Phi) is 4.89. The van der Waals surface area contributed by atoms with E-state index in [1.807, 2.05) is 47.3 Å². The Balaban J connectivity index is 1.83. The zero-order valence-corrected chi connectivity index (χ0v) is 10.4. The van der Waals surface area contributed by atoms with Gasteiger partial charge in [0, 0.05) is 13.3 Å². The first-order valence-corrected chi connectivity index (χ1v) is 5.83. The summed E-state index contributed by atoms with van der Waals surface area (Å²) in [7, 11) is 1.64. The number of nitrogens with one attached hydrogen (secondary N) is 1. The molecule has 5 nitrogen and oxygen atoms in total. The second-order valence-electron chi connectivity index (χ2n) is 3.75. The number of hydroxylamine groups is 1. The summed E-state index contributed by atoms with van der Waals surface area (Å²) >= 11 is 0. The van der Waals surface area contributed by atoms with Crippen LogP contribution < -0.4 is 5.48 Å². The van der Waals surface area contributed by atoms with Crippen molar-refractivity contribution in [3.05, 3.63) is 48.3 Å². The van der Waals surface area contributed by atoms with Crippen LogP contribution in [0.2, 0.25) is 0 Å². The van der Waals surface area contributed by atoms with E-state index >= 15 is 0 Å². The first kappa shape index (κ1) is 12.8. The molecule has 18 heavy (non-hydrogen) atoms. The maximum atomic E-state index is 5.17. The van der Waals surface area contributed by atoms with E-state index in [-0.39, 0.29) is 0 Å². The van der Waals surface area contributed by atoms with E-state index in [1.165, 1.54) is 0 Å². The van der Waals surface area contributed by atoms with E-state index in [0.717, 1.165) is 11.4 Å². The second-order valence-corrected chi connectivity index (χ2v) is 3.75. The van der Waals surface area contributed by atoms with Crippen molar-refractivity contribution in [2.75, 3.05) is 20.3 Å². The molecule has 96 valence electrons. The average molecular weight is 247 g/mol. The number of aromatic nitrogens is 2. The average Bonchev–Trinajstić information content (AvgIpc) is 2.88. The molecule has 1 heterocycles. The van der Waals surface area contributed by atoms with Crippen LogP contribution in [-0.2, 0) is 16.1 Å². The van der Waals surface area contributed by atoms with Gasteiger partial charge in [-0.2, -0.15) is 10.6 Å². The Morgan fingerprint density at radius 3 is 2.78 bits per heavy atom. The minimum atomic E-state index is 0.524. The van der Waals surface area contributed by atoms with Crippen LogP contribution in [0.4, 0.5) is 0 Å². The Labute approximate surface area is 106 Å². The molecule has 0 saturated carbocycles. The maximum absolute atomic E-state index is 5.17. The van der Waals surface area contributed by atoms with E-state index in [1.54, 1.807) is 7.11 Å². The molecular weight excluding hydrogens is 230 g/mol. The quantitative estimate of drug-likeness (QED) is 0.595. The number of ether oxygens (including phenoxy) is 1. The van der Waals surface area contributed by atoms with Crippen LogP contribution in [0.3, 0.4) is 0 Å². The maximum Gasteiger partial charge on any atom is 0.0916 e. The van der Waals surface area contributed by atoms with Crippen LogP contribution in [0.25, 0.3) is 5.69 Å². The van der Waals surface area contributed by atoms with Gasteiger partial charge in [0.1, 0.15) is 0 Å². The van der Waals surface area contributed by atoms with Crippen molar-refractivity contribution in [2.24, 2.45) is 0 Å². The van der Waals surface area contributed by atoms with Crippen LogP contribution in [0.15, 0.2) is 42.6 Å². The molecule has 0 aliphatic carbocycles. The minimum Gasteiger partial charge on any atom is -0.382 e. The van der Waals surface area contributed by atoms with Gasteiger partial charge in [0.15, 0.2) is 0 Å². The molecule has 0 fully saturated rings. The molecule has 0 amide bonds. The fourth-order valence-corrected chi connectivity index (χ4v) is 1.50. The van der Waals surface area contributed by atoms with Gasteiger partial charge in [0.25, 0.3) is 0 Å². The van der Waals surface area contributed by atoms with E-state index in [4.69, 9.17) is 9.57 Å². The third-order valence-electron chi connectivity index (χ3n) is 2.41. The highest BCUT2D eigenvalue weighted by atomic mass is 16.7. The van der Waals surface area contributed by atoms with Crippen molar-refractivity contribution in [3.8, 4) is 5.69 Å². The lowest BCUT2D eigenvalue weighted by Gasteiger charge is -2.03. The van der Waals surface area contributed by atoms with Crippen LogP contribution in [0.5, 0.6) is 0 Å². The molecule has 1 aromatic heterocycles. The van der Waals surface area contributed by atoms with Gasteiger partial charge in [-0.25, -0.2) is 4.68 Å². The molecule has 2 rings (SSSR count). The summed E-state index contributed by atoms with van der Waals surface area (Å²) in [4.78, 5) is 5.17. The highest BCUT2D eigenvalue weighted by molar-refractivity contribution is 5.30. The van der Waals surface area contributed by atoms with Gasteiger partial charge in [0.2, 0.25) is 0 Å². The van der Waals surface area contributed by atoms with Gasteiger partial charge >= 0.3 is 0 Å². The van der Waals surface area contributed by atoms with Crippen LogP contribution in [-0.4, -0.2) is 30.1 Å². The molecule has 2 aromatic rings.